The Hall–Kier alpha value is -2.52. The Labute approximate surface area is 217 Å². The number of aryl methyl sites for hydroxylation is 1. The number of urea groups is 1. The number of halogens is 1. The lowest BCUT2D eigenvalue weighted by molar-refractivity contribution is -0.130. The van der Waals surface area contributed by atoms with E-state index < -0.39 is 0 Å². The molecule has 36 heavy (non-hydrogen) atoms. The summed E-state index contributed by atoms with van der Waals surface area (Å²) in [6.07, 6.45) is 5.95. The predicted octanol–water partition coefficient (Wildman–Crippen LogP) is 4.68. The maximum Gasteiger partial charge on any atom is 0.321 e. The number of piperidine rings is 1. The summed E-state index contributed by atoms with van der Waals surface area (Å²) in [4.78, 5) is 33.5. The van der Waals surface area contributed by atoms with E-state index in [4.69, 9.17) is 0 Å². The van der Waals surface area contributed by atoms with Crippen LogP contribution in [0.4, 0.5) is 14.3 Å². The van der Waals surface area contributed by atoms with Crippen molar-refractivity contribution in [3.8, 4) is 0 Å². The number of likely N-dealkylation sites (tertiary alicyclic amines) is 1. The monoisotopic (exact) mass is 515 g/mol. The van der Waals surface area contributed by atoms with Crippen LogP contribution in [-0.2, 0) is 11.2 Å². The minimum absolute atomic E-state index is 0.0240. The number of nitrogens with zero attached hydrogens (tertiary/aromatic N) is 3. The lowest BCUT2D eigenvalue weighted by atomic mass is 9.80. The number of hydrogen-bond acceptors (Lipinski definition) is 5. The van der Waals surface area contributed by atoms with Crippen molar-refractivity contribution in [3.63, 3.8) is 0 Å². The third-order valence-electron chi connectivity index (χ3n) is 7.70. The highest BCUT2D eigenvalue weighted by atomic mass is 32.1. The van der Waals surface area contributed by atoms with Crippen LogP contribution < -0.4 is 10.6 Å². The maximum absolute atomic E-state index is 13.3. The number of anilines is 1. The summed E-state index contributed by atoms with van der Waals surface area (Å²) in [5.74, 6) is 0.726. The van der Waals surface area contributed by atoms with Crippen molar-refractivity contribution in [1.82, 2.24) is 20.1 Å². The third kappa shape index (κ3) is 7.26. The van der Waals surface area contributed by atoms with Gasteiger partial charge in [-0.25, -0.2) is 14.2 Å². The largest absolute Gasteiger partial charge is 0.343 e. The number of aromatic nitrogens is 1. The van der Waals surface area contributed by atoms with E-state index in [0.717, 1.165) is 57.4 Å². The molecule has 0 spiro atoms. The molecule has 1 aromatic heterocycles. The van der Waals surface area contributed by atoms with Gasteiger partial charge >= 0.3 is 6.03 Å². The van der Waals surface area contributed by atoms with Gasteiger partial charge in [0.15, 0.2) is 5.13 Å². The zero-order valence-corrected chi connectivity index (χ0v) is 22.3. The fourth-order valence-electron chi connectivity index (χ4n) is 5.70. The van der Waals surface area contributed by atoms with Crippen LogP contribution in [0.1, 0.15) is 50.3 Å². The minimum Gasteiger partial charge on any atom is -0.343 e. The molecule has 196 valence electrons. The zero-order valence-electron chi connectivity index (χ0n) is 21.5. The molecule has 4 atom stereocenters. The quantitative estimate of drug-likeness (QED) is 0.561. The summed E-state index contributed by atoms with van der Waals surface area (Å²) in [6.45, 7) is 6.51. The number of benzene rings is 1. The van der Waals surface area contributed by atoms with Gasteiger partial charge in [0.05, 0.1) is 5.69 Å². The van der Waals surface area contributed by atoms with Crippen molar-refractivity contribution in [2.45, 2.75) is 64.5 Å². The molecule has 0 radical (unpaired) electrons. The van der Waals surface area contributed by atoms with Gasteiger partial charge in [-0.05, 0) is 81.5 Å². The highest BCUT2D eigenvalue weighted by Gasteiger charge is 2.36. The second kappa shape index (κ2) is 12.1. The van der Waals surface area contributed by atoms with Crippen LogP contribution in [0.2, 0.25) is 0 Å². The molecule has 1 aromatic carbocycles. The molecule has 7 nitrogen and oxygen atoms in total. The first-order chi connectivity index (χ1) is 17.3. The average molecular weight is 516 g/mol. The normalized spacial score (nSPS) is 24.8. The number of rotatable bonds is 7. The van der Waals surface area contributed by atoms with Crippen LogP contribution in [0.15, 0.2) is 29.6 Å². The van der Waals surface area contributed by atoms with Crippen LogP contribution in [0.5, 0.6) is 0 Å². The fourth-order valence-corrected chi connectivity index (χ4v) is 6.38. The Morgan fingerprint density at radius 3 is 2.69 bits per heavy atom. The summed E-state index contributed by atoms with van der Waals surface area (Å²) < 4.78 is 13.3. The van der Waals surface area contributed by atoms with E-state index in [2.05, 4.69) is 20.5 Å². The summed E-state index contributed by atoms with van der Waals surface area (Å²) in [7, 11) is 1.85. The second-order valence-corrected chi connectivity index (χ2v) is 11.3. The van der Waals surface area contributed by atoms with Crippen molar-refractivity contribution in [1.29, 1.82) is 0 Å². The molecular weight excluding hydrogens is 477 g/mol. The summed E-state index contributed by atoms with van der Waals surface area (Å²) in [5, 5.41) is 8.59. The van der Waals surface area contributed by atoms with Crippen LogP contribution in [0.3, 0.4) is 0 Å². The van der Waals surface area contributed by atoms with Gasteiger partial charge in [0.1, 0.15) is 5.82 Å². The number of nitrogens with one attached hydrogen (secondary N) is 2. The van der Waals surface area contributed by atoms with Gasteiger partial charge in [0.2, 0.25) is 5.91 Å². The first-order valence-electron chi connectivity index (χ1n) is 13.0. The lowest BCUT2D eigenvalue weighted by Crippen LogP contribution is -2.54. The molecule has 2 aliphatic rings. The number of carbonyl (C=O) groups is 2. The Morgan fingerprint density at radius 2 is 2.00 bits per heavy atom. The molecule has 4 rings (SSSR count). The van der Waals surface area contributed by atoms with E-state index in [1.165, 1.54) is 23.3 Å². The van der Waals surface area contributed by atoms with E-state index in [1.807, 2.05) is 36.4 Å². The minimum atomic E-state index is -0.238. The average Bonchev–Trinajstić information content (AvgIpc) is 3.25. The highest BCUT2D eigenvalue weighted by Crippen LogP contribution is 2.30. The van der Waals surface area contributed by atoms with Crippen molar-refractivity contribution in [2.24, 2.45) is 11.8 Å². The van der Waals surface area contributed by atoms with E-state index in [1.54, 1.807) is 19.1 Å². The SMILES string of the molecule is CC(=O)N(C)[C@@H]1CC[C@@H](CN2CCC[C@@H](Cc3ccc(F)cc3)C2)[C@H](NC(=O)Nc2nc(C)cs2)C1. The molecule has 1 aliphatic heterocycles. The number of hydrogen-bond donors (Lipinski definition) is 2. The van der Waals surface area contributed by atoms with Crippen LogP contribution in [0.25, 0.3) is 0 Å². The van der Waals surface area contributed by atoms with Gasteiger partial charge in [0, 0.05) is 44.5 Å². The molecule has 2 fully saturated rings. The smallest absolute Gasteiger partial charge is 0.321 e. The van der Waals surface area contributed by atoms with Gasteiger partial charge in [-0.2, -0.15) is 0 Å². The summed E-state index contributed by atoms with van der Waals surface area (Å²) >= 11 is 1.42. The first-order valence-corrected chi connectivity index (χ1v) is 13.8. The van der Waals surface area contributed by atoms with Crippen molar-refractivity contribution < 1.29 is 14.0 Å². The number of carbonyl (C=O) groups excluding carboxylic acids is 2. The number of thiazole rings is 1. The van der Waals surface area contributed by atoms with E-state index in [-0.39, 0.29) is 29.8 Å². The Bertz CT molecular complexity index is 1030. The third-order valence-corrected chi connectivity index (χ3v) is 8.58. The van der Waals surface area contributed by atoms with Crippen LogP contribution in [-0.4, -0.2) is 65.5 Å². The van der Waals surface area contributed by atoms with Gasteiger partial charge in [-0.15, -0.1) is 11.3 Å². The van der Waals surface area contributed by atoms with Crippen LogP contribution in [0, 0.1) is 24.6 Å². The van der Waals surface area contributed by atoms with E-state index >= 15 is 0 Å². The second-order valence-electron chi connectivity index (χ2n) is 10.5. The molecule has 1 saturated carbocycles. The molecule has 2 heterocycles. The van der Waals surface area contributed by atoms with Crippen molar-refractivity contribution in [2.75, 3.05) is 32.0 Å². The Morgan fingerprint density at radius 1 is 1.22 bits per heavy atom. The van der Waals surface area contributed by atoms with Crippen molar-refractivity contribution in [3.05, 3.63) is 46.7 Å². The highest BCUT2D eigenvalue weighted by molar-refractivity contribution is 7.13. The van der Waals surface area contributed by atoms with Crippen LogP contribution >= 0.6 is 11.3 Å². The predicted molar refractivity (Wildman–Crippen MR) is 142 cm³/mol. The number of amides is 3. The zero-order chi connectivity index (χ0) is 25.7. The topological polar surface area (TPSA) is 77.6 Å². The van der Waals surface area contributed by atoms with Gasteiger partial charge in [-0.3, -0.25) is 10.1 Å². The molecule has 1 aliphatic carbocycles. The molecule has 0 unspecified atom stereocenters. The fraction of sp³-hybridized carbons (Fsp3) is 0.593. The van der Waals surface area contributed by atoms with E-state index in [9.17, 15) is 14.0 Å². The Kier molecular flexibility index (Phi) is 8.95. The molecule has 0 bridgehead atoms. The summed E-state index contributed by atoms with van der Waals surface area (Å²) in [5.41, 5.74) is 2.07. The van der Waals surface area contributed by atoms with E-state index in [0.29, 0.717) is 17.0 Å². The molecule has 1 saturated heterocycles. The maximum atomic E-state index is 13.3. The standard InChI is InChI=1S/C27H38FN5O2S/c1-18-17-36-27(29-18)31-26(35)30-25-14-24(32(3)19(2)34)11-8-22(25)16-33-12-4-5-21(15-33)13-20-6-9-23(28)10-7-20/h6-7,9-10,17,21-22,24-25H,4-5,8,11-16H2,1-3H3,(H2,29,30,31,35)/t21-,22-,24+,25+/m0/s1. The van der Waals surface area contributed by atoms with Crippen molar-refractivity contribution >= 4 is 28.4 Å². The first kappa shape index (κ1) is 26.5. The molecule has 2 N–H and O–H groups in total. The lowest BCUT2D eigenvalue weighted by Gasteiger charge is -2.43. The molecule has 9 heteroatoms. The van der Waals surface area contributed by atoms with Gasteiger partial charge < -0.3 is 15.1 Å². The molecule has 2 aromatic rings. The Balaban J connectivity index is 1.38. The molecule has 3 amide bonds. The van der Waals surface area contributed by atoms with Gasteiger partial charge in [0.25, 0.3) is 0 Å². The van der Waals surface area contributed by atoms with Gasteiger partial charge in [-0.1, -0.05) is 12.1 Å². The summed E-state index contributed by atoms with van der Waals surface area (Å²) in [6, 6.07) is 6.73. The molecular formula is C27H38FN5O2S.